The van der Waals surface area contributed by atoms with Gasteiger partial charge in [0.05, 0.1) is 0 Å². The molecule has 0 heterocycles. The van der Waals surface area contributed by atoms with E-state index in [1.807, 2.05) is 13.0 Å². The van der Waals surface area contributed by atoms with Gasteiger partial charge in [-0.25, -0.2) is 0 Å². The average Bonchev–Trinajstić information content (AvgIpc) is 1.83. The Morgan fingerprint density at radius 1 is 1.56 bits per heavy atom. The summed E-state index contributed by atoms with van der Waals surface area (Å²) in [6.45, 7) is 5.44. The van der Waals surface area contributed by atoms with Gasteiger partial charge in [-0.2, -0.15) is 0 Å². The minimum atomic E-state index is 0.675. The first-order valence-electron chi connectivity index (χ1n) is 2.59. The molecule has 2 N–H and O–H groups in total. The van der Waals surface area contributed by atoms with Gasteiger partial charge in [0.1, 0.15) is 0 Å². The zero-order chi connectivity index (χ0) is 7.28. The highest BCUT2D eigenvalue weighted by molar-refractivity contribution is 9.11. The smallest absolute Gasteiger partial charge is 0.0308 e. The molecule has 0 aliphatic carbocycles. The molecule has 2 heteroatoms. The van der Waals surface area contributed by atoms with Crippen LogP contribution in [0.5, 0.6) is 0 Å². The summed E-state index contributed by atoms with van der Waals surface area (Å²) in [6, 6.07) is 0. The van der Waals surface area contributed by atoms with E-state index in [4.69, 9.17) is 5.73 Å². The first-order chi connectivity index (χ1) is 4.16. The first kappa shape index (κ1) is 8.50. The Bertz CT molecular complexity index is 152. The van der Waals surface area contributed by atoms with Crippen LogP contribution in [0.2, 0.25) is 0 Å². The van der Waals surface area contributed by atoms with Gasteiger partial charge in [-0.05, 0) is 23.6 Å². The van der Waals surface area contributed by atoms with Crippen LogP contribution >= 0.6 is 15.9 Å². The van der Waals surface area contributed by atoms with Crippen LogP contribution in [0.3, 0.4) is 0 Å². The van der Waals surface area contributed by atoms with E-state index in [9.17, 15) is 0 Å². The van der Waals surface area contributed by atoms with Gasteiger partial charge in [-0.3, -0.25) is 0 Å². The molecule has 0 radical (unpaired) electrons. The number of nitrogens with two attached hydrogens (primary N) is 1. The van der Waals surface area contributed by atoms with Crippen molar-refractivity contribution in [3.8, 4) is 0 Å². The van der Waals surface area contributed by atoms with Crippen molar-refractivity contribution >= 4 is 15.9 Å². The second-order valence-electron chi connectivity index (χ2n) is 1.62. The molecule has 0 saturated heterocycles. The molecule has 0 atom stereocenters. The van der Waals surface area contributed by atoms with Gasteiger partial charge in [-0.15, -0.1) is 0 Å². The molecular weight excluding hydrogens is 178 g/mol. The Kier molecular flexibility index (Phi) is 4.14. The normalized spacial score (nSPS) is 13.6. The van der Waals surface area contributed by atoms with Crippen molar-refractivity contribution in [1.82, 2.24) is 0 Å². The summed E-state index contributed by atoms with van der Waals surface area (Å²) in [4.78, 5) is 0. The van der Waals surface area contributed by atoms with Crippen LogP contribution in [0.25, 0.3) is 0 Å². The summed E-state index contributed by atoms with van der Waals surface area (Å²) in [6.07, 6.45) is 5.26. The third kappa shape index (κ3) is 5.37. The molecule has 0 amide bonds. The maximum atomic E-state index is 5.40. The van der Waals surface area contributed by atoms with Crippen molar-refractivity contribution in [2.75, 3.05) is 0 Å². The predicted molar refractivity (Wildman–Crippen MR) is 45.2 cm³/mol. The number of hydrogen-bond acceptors (Lipinski definition) is 1. The van der Waals surface area contributed by atoms with Crippen molar-refractivity contribution in [2.24, 2.45) is 5.73 Å². The summed E-state index contributed by atoms with van der Waals surface area (Å²) in [7, 11) is 0. The van der Waals surface area contributed by atoms with Gasteiger partial charge >= 0.3 is 0 Å². The highest BCUT2D eigenvalue weighted by Crippen LogP contribution is 2.01. The van der Waals surface area contributed by atoms with Gasteiger partial charge in [0.25, 0.3) is 0 Å². The van der Waals surface area contributed by atoms with Crippen molar-refractivity contribution in [1.29, 1.82) is 0 Å². The summed E-state index contributed by atoms with van der Waals surface area (Å²) in [5.74, 6) is 0. The fraction of sp³-hybridized carbons (Fsp3) is 0.143. The second-order valence-corrected chi connectivity index (χ2v) is 2.88. The Balaban J connectivity index is 3.98. The predicted octanol–water partition coefficient (Wildman–Crippen LogP) is 2.31. The van der Waals surface area contributed by atoms with Crippen LogP contribution in [0.15, 0.2) is 35.0 Å². The van der Waals surface area contributed by atoms with Crippen LogP contribution in [-0.2, 0) is 0 Å². The van der Waals surface area contributed by atoms with Gasteiger partial charge in [0, 0.05) is 5.70 Å². The molecule has 0 aromatic carbocycles. The van der Waals surface area contributed by atoms with Crippen molar-refractivity contribution in [3.63, 3.8) is 0 Å². The van der Waals surface area contributed by atoms with Gasteiger partial charge < -0.3 is 5.73 Å². The topological polar surface area (TPSA) is 26.0 Å². The van der Waals surface area contributed by atoms with Crippen LogP contribution < -0.4 is 5.73 Å². The van der Waals surface area contributed by atoms with E-state index in [1.165, 1.54) is 0 Å². The molecule has 0 fully saturated rings. The minimum Gasteiger partial charge on any atom is -0.399 e. The lowest BCUT2D eigenvalue weighted by Crippen LogP contribution is -1.89. The summed E-state index contributed by atoms with van der Waals surface area (Å²) in [5, 5.41) is 0. The lowest BCUT2D eigenvalue weighted by atomic mass is 10.4. The van der Waals surface area contributed by atoms with Crippen LogP contribution in [0, 0.1) is 0 Å². The zero-order valence-corrected chi connectivity index (χ0v) is 6.98. The minimum absolute atomic E-state index is 0.675. The lowest BCUT2D eigenvalue weighted by Gasteiger charge is -1.85. The standard InChI is InChI=1S/C7H10BrN/c1-3-7(9)5-4-6(2)8/h3-5H,1,9H2,2H3/b6-4+,7-5+. The monoisotopic (exact) mass is 187 g/mol. The van der Waals surface area contributed by atoms with Crippen LogP contribution in [-0.4, -0.2) is 0 Å². The SMILES string of the molecule is C=C/C(N)=C\C=C(/C)Br. The van der Waals surface area contributed by atoms with E-state index in [0.29, 0.717) is 5.70 Å². The molecule has 0 bridgehead atoms. The number of rotatable bonds is 2. The highest BCUT2D eigenvalue weighted by Gasteiger charge is 1.76. The van der Waals surface area contributed by atoms with Crippen molar-refractivity contribution in [3.05, 3.63) is 35.0 Å². The fourth-order valence-electron chi connectivity index (χ4n) is 0.279. The molecule has 0 unspecified atom stereocenters. The van der Waals surface area contributed by atoms with Gasteiger partial charge in [-0.1, -0.05) is 28.6 Å². The van der Waals surface area contributed by atoms with E-state index in [2.05, 4.69) is 22.5 Å². The van der Waals surface area contributed by atoms with Crippen molar-refractivity contribution < 1.29 is 0 Å². The largest absolute Gasteiger partial charge is 0.399 e. The lowest BCUT2D eigenvalue weighted by molar-refractivity contribution is 1.43. The number of hydrogen-bond donors (Lipinski definition) is 1. The Morgan fingerprint density at radius 2 is 2.11 bits per heavy atom. The van der Waals surface area contributed by atoms with E-state index in [-0.39, 0.29) is 0 Å². The summed E-state index contributed by atoms with van der Waals surface area (Å²) >= 11 is 3.26. The van der Waals surface area contributed by atoms with Crippen LogP contribution in [0.4, 0.5) is 0 Å². The third-order valence-electron chi connectivity index (χ3n) is 0.741. The molecule has 0 aliphatic heterocycles. The van der Waals surface area contributed by atoms with E-state index in [0.717, 1.165) is 4.48 Å². The maximum Gasteiger partial charge on any atom is 0.0308 e. The van der Waals surface area contributed by atoms with Crippen LogP contribution in [0.1, 0.15) is 6.92 Å². The first-order valence-corrected chi connectivity index (χ1v) is 3.38. The quantitative estimate of drug-likeness (QED) is 0.661. The molecule has 9 heavy (non-hydrogen) atoms. The molecular formula is C7H10BrN. The van der Waals surface area contributed by atoms with E-state index >= 15 is 0 Å². The van der Waals surface area contributed by atoms with E-state index < -0.39 is 0 Å². The Morgan fingerprint density at radius 3 is 2.44 bits per heavy atom. The Hall–Kier alpha value is -0.500. The van der Waals surface area contributed by atoms with Crippen molar-refractivity contribution in [2.45, 2.75) is 6.92 Å². The molecule has 0 spiro atoms. The molecule has 50 valence electrons. The molecule has 1 nitrogen and oxygen atoms in total. The van der Waals surface area contributed by atoms with Gasteiger partial charge in [0.15, 0.2) is 0 Å². The number of allylic oxidation sites excluding steroid dienone is 4. The van der Waals surface area contributed by atoms with E-state index in [1.54, 1.807) is 12.2 Å². The average molecular weight is 188 g/mol. The molecule has 0 aromatic rings. The second kappa shape index (κ2) is 4.39. The fourth-order valence-corrected chi connectivity index (χ4v) is 0.411. The molecule has 0 saturated carbocycles. The third-order valence-corrected chi connectivity index (χ3v) is 1.01. The maximum absolute atomic E-state index is 5.40. The molecule has 0 aliphatic rings. The summed E-state index contributed by atoms with van der Waals surface area (Å²) < 4.78 is 1.05. The zero-order valence-electron chi connectivity index (χ0n) is 5.39. The van der Waals surface area contributed by atoms with Gasteiger partial charge in [0.2, 0.25) is 0 Å². The highest BCUT2D eigenvalue weighted by atomic mass is 79.9. The summed E-state index contributed by atoms with van der Waals surface area (Å²) in [5.41, 5.74) is 6.07. The molecule has 0 aromatic heterocycles. The molecule has 0 rings (SSSR count). The Labute approximate surface area is 64.1 Å². The number of halogens is 1.